The summed E-state index contributed by atoms with van der Waals surface area (Å²) >= 11 is 0. The molecule has 1 saturated heterocycles. The first-order chi connectivity index (χ1) is 10.6. The molecule has 4 nitrogen and oxygen atoms in total. The zero-order valence-electron chi connectivity index (χ0n) is 13.4. The van der Waals surface area contributed by atoms with E-state index in [2.05, 4.69) is 13.5 Å². The van der Waals surface area contributed by atoms with E-state index in [0.717, 1.165) is 24.9 Å². The Kier molecular flexibility index (Phi) is 5.87. The summed E-state index contributed by atoms with van der Waals surface area (Å²) in [6.07, 6.45) is 6.41. The lowest BCUT2D eigenvalue weighted by Crippen LogP contribution is -2.42. The molecule has 1 amide bonds. The molecule has 22 heavy (non-hydrogen) atoms. The minimum Gasteiger partial charge on any atom is -0.487 e. The second kappa shape index (κ2) is 7.87. The number of hydrogen-bond acceptors (Lipinski definition) is 3. The van der Waals surface area contributed by atoms with Gasteiger partial charge >= 0.3 is 0 Å². The number of piperidine rings is 1. The summed E-state index contributed by atoms with van der Waals surface area (Å²) in [5.74, 6) is 0.914. The van der Waals surface area contributed by atoms with Gasteiger partial charge in [-0.25, -0.2) is 0 Å². The number of nitrogen functional groups attached to an aromatic ring is 1. The third kappa shape index (κ3) is 4.26. The summed E-state index contributed by atoms with van der Waals surface area (Å²) in [5.41, 5.74) is 7.66. The molecule has 1 unspecified atom stereocenters. The van der Waals surface area contributed by atoms with Crippen LogP contribution < -0.4 is 10.5 Å². The first kappa shape index (κ1) is 16.4. The predicted molar refractivity (Wildman–Crippen MR) is 89.9 cm³/mol. The zero-order chi connectivity index (χ0) is 15.9. The van der Waals surface area contributed by atoms with Crippen molar-refractivity contribution in [1.29, 1.82) is 0 Å². The van der Waals surface area contributed by atoms with Gasteiger partial charge in [-0.15, -0.1) is 0 Å². The number of anilines is 1. The van der Waals surface area contributed by atoms with Gasteiger partial charge in [0, 0.05) is 19.0 Å². The Labute approximate surface area is 132 Å². The molecule has 0 bridgehead atoms. The molecular weight excluding hydrogens is 276 g/mol. The Bertz CT molecular complexity index is 528. The lowest BCUT2D eigenvalue weighted by atomic mass is 10.0. The first-order valence-corrected chi connectivity index (χ1v) is 8.03. The second-order valence-electron chi connectivity index (χ2n) is 5.90. The predicted octanol–water partition coefficient (Wildman–Crippen LogP) is 3.17. The van der Waals surface area contributed by atoms with E-state index >= 15 is 0 Å². The average Bonchev–Trinajstić information content (AvgIpc) is 2.52. The van der Waals surface area contributed by atoms with Crippen LogP contribution in [0.25, 0.3) is 0 Å². The molecule has 0 saturated carbocycles. The Morgan fingerprint density at radius 1 is 1.50 bits per heavy atom. The summed E-state index contributed by atoms with van der Waals surface area (Å²) in [4.78, 5) is 14.4. The van der Waals surface area contributed by atoms with Gasteiger partial charge in [-0.2, -0.15) is 0 Å². The van der Waals surface area contributed by atoms with E-state index in [1.165, 1.54) is 6.42 Å². The Hall–Kier alpha value is -1.97. The number of carbonyl (C=O) groups excluding carboxylic acids is 1. The van der Waals surface area contributed by atoms with Gasteiger partial charge in [-0.05, 0) is 50.3 Å². The number of hydrogen-bond donors (Lipinski definition) is 1. The fourth-order valence-corrected chi connectivity index (χ4v) is 2.90. The molecule has 0 radical (unpaired) electrons. The number of likely N-dealkylation sites (tertiary alicyclic amines) is 1. The number of aryl methyl sites for hydroxylation is 1. The molecule has 1 atom stereocenters. The molecule has 1 aliphatic heterocycles. The van der Waals surface area contributed by atoms with E-state index in [1.54, 1.807) is 6.08 Å². The van der Waals surface area contributed by atoms with Gasteiger partial charge in [-0.1, -0.05) is 18.7 Å². The zero-order valence-corrected chi connectivity index (χ0v) is 13.4. The maximum Gasteiger partial charge on any atom is 0.223 e. The molecule has 4 heteroatoms. The van der Waals surface area contributed by atoms with Crippen molar-refractivity contribution in [3.05, 3.63) is 36.4 Å². The summed E-state index contributed by atoms with van der Waals surface area (Å²) in [6.45, 7) is 7.09. The maximum atomic E-state index is 12.3. The molecule has 1 aromatic carbocycles. The van der Waals surface area contributed by atoms with E-state index < -0.39 is 0 Å². The number of carbonyl (C=O) groups is 1. The van der Waals surface area contributed by atoms with Crippen molar-refractivity contribution in [2.75, 3.05) is 18.9 Å². The smallest absolute Gasteiger partial charge is 0.223 e. The van der Waals surface area contributed by atoms with Crippen molar-refractivity contribution in [3.63, 3.8) is 0 Å². The number of nitrogens with two attached hydrogens (primary N) is 1. The molecular formula is C18H26N2O2. The fraction of sp³-hybridized carbons (Fsp3) is 0.500. The van der Waals surface area contributed by atoms with Crippen molar-refractivity contribution in [2.24, 2.45) is 0 Å². The van der Waals surface area contributed by atoms with Crippen LogP contribution in [0.3, 0.4) is 0 Å². The molecule has 1 heterocycles. The highest BCUT2D eigenvalue weighted by atomic mass is 16.5. The van der Waals surface area contributed by atoms with Crippen LogP contribution >= 0.6 is 0 Å². The standard InChI is InChI=1S/C18H26N2O2/c1-3-12-22-17-9-7-15(13-16(17)19)8-10-18(21)20-11-5-4-6-14(20)2/h3,7,9,13-14H,1,4-6,8,10-12,19H2,2H3. The van der Waals surface area contributed by atoms with Crippen LogP contribution in [0.5, 0.6) is 5.75 Å². The van der Waals surface area contributed by atoms with E-state index in [9.17, 15) is 4.79 Å². The third-order valence-electron chi connectivity index (χ3n) is 4.18. The van der Waals surface area contributed by atoms with Crippen molar-refractivity contribution in [2.45, 2.75) is 45.1 Å². The van der Waals surface area contributed by atoms with E-state index in [0.29, 0.717) is 36.9 Å². The molecule has 1 aromatic rings. The molecule has 0 aromatic heterocycles. The van der Waals surface area contributed by atoms with Crippen LogP contribution in [0.4, 0.5) is 5.69 Å². The van der Waals surface area contributed by atoms with Gasteiger partial charge in [0.15, 0.2) is 0 Å². The Morgan fingerprint density at radius 2 is 2.32 bits per heavy atom. The largest absolute Gasteiger partial charge is 0.487 e. The lowest BCUT2D eigenvalue weighted by molar-refractivity contribution is -0.134. The normalized spacial score (nSPS) is 18.0. The number of ether oxygens (including phenoxy) is 1. The quantitative estimate of drug-likeness (QED) is 0.648. The van der Waals surface area contributed by atoms with Gasteiger partial charge < -0.3 is 15.4 Å². The van der Waals surface area contributed by atoms with Crippen molar-refractivity contribution < 1.29 is 9.53 Å². The van der Waals surface area contributed by atoms with Crippen LogP contribution in [0, 0.1) is 0 Å². The van der Waals surface area contributed by atoms with E-state index in [4.69, 9.17) is 10.5 Å². The third-order valence-corrected chi connectivity index (χ3v) is 4.18. The number of nitrogens with zero attached hydrogens (tertiary/aromatic N) is 1. The van der Waals surface area contributed by atoms with Gasteiger partial charge in [0.1, 0.15) is 12.4 Å². The number of rotatable bonds is 6. The lowest BCUT2D eigenvalue weighted by Gasteiger charge is -2.33. The van der Waals surface area contributed by atoms with Crippen LogP contribution in [-0.2, 0) is 11.2 Å². The molecule has 2 rings (SSSR count). The first-order valence-electron chi connectivity index (χ1n) is 8.03. The minimum absolute atomic E-state index is 0.248. The Balaban J connectivity index is 1.89. The van der Waals surface area contributed by atoms with Crippen LogP contribution in [0.15, 0.2) is 30.9 Å². The average molecular weight is 302 g/mol. The summed E-state index contributed by atoms with van der Waals surface area (Å²) in [7, 11) is 0. The highest BCUT2D eigenvalue weighted by molar-refractivity contribution is 5.77. The van der Waals surface area contributed by atoms with Crippen molar-refractivity contribution in [3.8, 4) is 5.75 Å². The van der Waals surface area contributed by atoms with Gasteiger partial charge in [-0.3, -0.25) is 4.79 Å². The van der Waals surface area contributed by atoms with Crippen molar-refractivity contribution in [1.82, 2.24) is 4.90 Å². The summed E-state index contributed by atoms with van der Waals surface area (Å²) < 4.78 is 5.46. The second-order valence-corrected chi connectivity index (χ2v) is 5.90. The monoisotopic (exact) mass is 302 g/mol. The summed E-state index contributed by atoms with van der Waals surface area (Å²) in [5, 5.41) is 0. The van der Waals surface area contributed by atoms with Gasteiger partial charge in [0.2, 0.25) is 5.91 Å². The van der Waals surface area contributed by atoms with Gasteiger partial charge in [0.05, 0.1) is 5.69 Å². The molecule has 1 fully saturated rings. The SMILES string of the molecule is C=CCOc1ccc(CCC(=O)N2CCCCC2C)cc1N. The topological polar surface area (TPSA) is 55.6 Å². The van der Waals surface area contributed by atoms with Crippen LogP contribution in [-0.4, -0.2) is 30.0 Å². The molecule has 120 valence electrons. The molecule has 0 spiro atoms. The minimum atomic E-state index is 0.248. The van der Waals surface area contributed by atoms with E-state index in [1.807, 2.05) is 23.1 Å². The molecule has 2 N–H and O–H groups in total. The highest BCUT2D eigenvalue weighted by Gasteiger charge is 2.22. The molecule has 0 aliphatic carbocycles. The summed E-state index contributed by atoms with van der Waals surface area (Å²) in [6, 6.07) is 6.11. The van der Waals surface area contributed by atoms with Gasteiger partial charge in [0.25, 0.3) is 0 Å². The van der Waals surface area contributed by atoms with Crippen LogP contribution in [0.1, 0.15) is 38.2 Å². The maximum absolute atomic E-state index is 12.3. The van der Waals surface area contributed by atoms with Crippen LogP contribution in [0.2, 0.25) is 0 Å². The highest BCUT2D eigenvalue weighted by Crippen LogP contribution is 2.24. The van der Waals surface area contributed by atoms with Crippen molar-refractivity contribution >= 4 is 11.6 Å². The molecule has 1 aliphatic rings. The number of amides is 1. The number of benzene rings is 1. The fourth-order valence-electron chi connectivity index (χ4n) is 2.90. The Morgan fingerprint density at radius 3 is 3.00 bits per heavy atom. The van der Waals surface area contributed by atoms with E-state index in [-0.39, 0.29) is 5.91 Å².